The van der Waals surface area contributed by atoms with Crippen LogP contribution in [-0.4, -0.2) is 38.4 Å². The van der Waals surface area contributed by atoms with Gasteiger partial charge in [0.25, 0.3) is 17.4 Å². The van der Waals surface area contributed by atoms with Gasteiger partial charge in [-0.3, -0.25) is 30.3 Å². The number of rotatable bonds is 7. The zero-order valence-corrected chi connectivity index (χ0v) is 17.4. The Morgan fingerprint density at radius 3 is 2.36 bits per heavy atom. The van der Waals surface area contributed by atoms with Gasteiger partial charge in [0.2, 0.25) is 0 Å². The molecule has 0 atom stereocenters. The molecule has 2 aromatic heterocycles. The lowest BCUT2D eigenvalue weighted by atomic mass is 10.1. The quantitative estimate of drug-likeness (QED) is 0.373. The lowest BCUT2D eigenvalue weighted by Gasteiger charge is -2.09. The van der Waals surface area contributed by atoms with E-state index < -0.39 is 11.8 Å². The van der Waals surface area contributed by atoms with Crippen molar-refractivity contribution in [2.45, 2.75) is 6.54 Å². The summed E-state index contributed by atoms with van der Waals surface area (Å²) < 4.78 is 6.69. The molecule has 4 rings (SSSR count). The second-order valence-electron chi connectivity index (χ2n) is 6.88. The predicted octanol–water partition coefficient (Wildman–Crippen LogP) is 1.79. The van der Waals surface area contributed by atoms with Gasteiger partial charge >= 0.3 is 0 Å². The molecule has 0 aliphatic carbocycles. The second-order valence-corrected chi connectivity index (χ2v) is 6.88. The molecule has 33 heavy (non-hydrogen) atoms. The largest absolute Gasteiger partial charge is 0.492 e. The number of nitrogens with zero attached hydrogens (tertiary/aromatic N) is 3. The number of ether oxygens (including phenoxy) is 1. The van der Waals surface area contributed by atoms with Crippen LogP contribution in [-0.2, 0) is 6.54 Å². The number of aromatic nitrogens is 4. The summed E-state index contributed by atoms with van der Waals surface area (Å²) in [5.41, 5.74) is 5.78. The van der Waals surface area contributed by atoms with Gasteiger partial charge in [-0.25, -0.2) is 4.68 Å². The molecule has 10 heteroatoms. The summed E-state index contributed by atoms with van der Waals surface area (Å²) in [6, 6.07) is 22.6. The number of carbonyl (C=O) groups excluding carboxylic acids is 2. The van der Waals surface area contributed by atoms with E-state index in [1.807, 2.05) is 48.5 Å². The molecule has 0 saturated carbocycles. The van der Waals surface area contributed by atoms with E-state index in [9.17, 15) is 14.4 Å². The minimum atomic E-state index is -0.677. The van der Waals surface area contributed by atoms with Crippen LogP contribution in [0.15, 0.2) is 83.7 Å². The van der Waals surface area contributed by atoms with Crippen molar-refractivity contribution in [2.24, 2.45) is 0 Å². The topological polar surface area (TPSA) is 131 Å². The number of hydrogen-bond acceptors (Lipinski definition) is 6. The average molecular weight is 444 g/mol. The van der Waals surface area contributed by atoms with Crippen LogP contribution in [0.25, 0.3) is 11.3 Å². The van der Waals surface area contributed by atoms with Crippen molar-refractivity contribution in [2.75, 3.05) is 6.61 Å². The molecule has 0 unspecified atom stereocenters. The summed E-state index contributed by atoms with van der Waals surface area (Å²) in [5.74, 6) is -0.595. The van der Waals surface area contributed by atoms with E-state index in [4.69, 9.17) is 4.74 Å². The van der Waals surface area contributed by atoms with Gasteiger partial charge in [0.05, 0.1) is 12.2 Å². The fraction of sp³-hybridized carbons (Fsp3) is 0.0870. The molecule has 0 fully saturated rings. The van der Waals surface area contributed by atoms with Gasteiger partial charge in [0.1, 0.15) is 18.1 Å². The van der Waals surface area contributed by atoms with Crippen molar-refractivity contribution < 1.29 is 14.3 Å². The summed E-state index contributed by atoms with van der Waals surface area (Å²) in [4.78, 5) is 36.8. The summed E-state index contributed by atoms with van der Waals surface area (Å²) in [6.07, 6.45) is 0. The van der Waals surface area contributed by atoms with Gasteiger partial charge in [-0.15, -0.1) is 0 Å². The van der Waals surface area contributed by atoms with Gasteiger partial charge in [-0.1, -0.05) is 48.5 Å². The highest BCUT2D eigenvalue weighted by atomic mass is 16.5. The molecule has 0 aliphatic heterocycles. The molecule has 0 bridgehead atoms. The Morgan fingerprint density at radius 2 is 1.61 bits per heavy atom. The van der Waals surface area contributed by atoms with Crippen LogP contribution in [0, 0.1) is 0 Å². The Labute approximate surface area is 188 Å². The molecule has 0 aliphatic rings. The summed E-state index contributed by atoms with van der Waals surface area (Å²) in [5, 5.41) is 10.8. The molecule has 4 aromatic rings. The highest BCUT2D eigenvalue weighted by Gasteiger charge is 2.14. The minimum Gasteiger partial charge on any atom is -0.492 e. The Hall–Kier alpha value is -4.73. The van der Waals surface area contributed by atoms with Crippen LogP contribution in [0.3, 0.4) is 0 Å². The predicted molar refractivity (Wildman–Crippen MR) is 119 cm³/mol. The highest BCUT2D eigenvalue weighted by Crippen LogP contribution is 2.16. The van der Waals surface area contributed by atoms with Crippen molar-refractivity contribution in [3.8, 4) is 17.0 Å². The van der Waals surface area contributed by atoms with E-state index in [1.165, 1.54) is 12.1 Å². The maximum Gasteiger partial charge on any atom is 0.290 e. The Kier molecular flexibility index (Phi) is 6.55. The van der Waals surface area contributed by atoms with Crippen LogP contribution in [0.5, 0.6) is 5.75 Å². The highest BCUT2D eigenvalue weighted by molar-refractivity contribution is 5.97. The number of H-pyrrole nitrogens is 1. The lowest BCUT2D eigenvalue weighted by Crippen LogP contribution is -2.42. The summed E-state index contributed by atoms with van der Waals surface area (Å²) in [7, 11) is 0. The van der Waals surface area contributed by atoms with Gasteiger partial charge in [-0.05, 0) is 24.3 Å². The van der Waals surface area contributed by atoms with Crippen LogP contribution in [0.4, 0.5) is 0 Å². The first-order chi connectivity index (χ1) is 16.1. The van der Waals surface area contributed by atoms with E-state index in [-0.39, 0.29) is 30.1 Å². The smallest absolute Gasteiger partial charge is 0.290 e. The minimum absolute atomic E-state index is 0.0378. The molecule has 0 saturated heterocycles. The maximum absolute atomic E-state index is 12.4. The molecular formula is C23H20N6O4. The number of nitrogens with one attached hydrogen (secondary N) is 3. The summed E-state index contributed by atoms with van der Waals surface area (Å²) in [6.45, 7) is 0.347. The Balaban J connectivity index is 1.33. The number of carbonyl (C=O) groups is 2. The molecule has 166 valence electrons. The number of hydrazine groups is 1. The molecule has 3 N–H and O–H groups in total. The third-order valence-electron chi connectivity index (χ3n) is 4.60. The molecule has 0 radical (unpaired) electrons. The Morgan fingerprint density at radius 1 is 0.909 bits per heavy atom. The van der Waals surface area contributed by atoms with Crippen molar-refractivity contribution in [3.63, 3.8) is 0 Å². The van der Waals surface area contributed by atoms with E-state index >= 15 is 0 Å². The number of hydrogen-bond donors (Lipinski definition) is 3. The van der Waals surface area contributed by atoms with Crippen LogP contribution < -0.4 is 21.1 Å². The first-order valence-corrected chi connectivity index (χ1v) is 10.1. The number of para-hydroxylation sites is 1. The Bertz CT molecular complexity index is 1300. The molecule has 0 spiro atoms. The van der Waals surface area contributed by atoms with Crippen LogP contribution in [0.2, 0.25) is 0 Å². The van der Waals surface area contributed by atoms with E-state index in [0.717, 1.165) is 10.2 Å². The van der Waals surface area contributed by atoms with Crippen molar-refractivity contribution in [3.05, 3.63) is 101 Å². The third kappa shape index (κ3) is 5.50. The molecular weight excluding hydrogens is 424 g/mol. The van der Waals surface area contributed by atoms with Crippen LogP contribution >= 0.6 is 0 Å². The third-order valence-corrected chi connectivity index (χ3v) is 4.60. The number of amides is 2. The zero-order chi connectivity index (χ0) is 23.0. The normalized spacial score (nSPS) is 10.4. The van der Waals surface area contributed by atoms with E-state index in [2.05, 4.69) is 26.1 Å². The standard InChI is InChI=1S/C23H20N6O4/c30-21-12-11-18(28-29(21)13-14-33-17-9-5-2-6-10-17)22(31)26-27-23(32)20-15-19(24-25-20)16-7-3-1-4-8-16/h1-12,15H,13-14H2,(H,24,25)(H,26,31)(H,27,32). The SMILES string of the molecule is O=C(NNC(=O)c1cc(-c2ccccc2)n[nH]1)c1ccc(=O)n(CCOc2ccccc2)n1. The van der Waals surface area contributed by atoms with Gasteiger partial charge in [0.15, 0.2) is 5.69 Å². The molecule has 2 aromatic carbocycles. The van der Waals surface area contributed by atoms with Gasteiger partial charge < -0.3 is 4.74 Å². The van der Waals surface area contributed by atoms with Crippen molar-refractivity contribution in [1.29, 1.82) is 0 Å². The molecule has 2 heterocycles. The average Bonchev–Trinajstić information content (AvgIpc) is 3.35. The number of benzene rings is 2. The van der Waals surface area contributed by atoms with Gasteiger partial charge in [-0.2, -0.15) is 10.2 Å². The summed E-state index contributed by atoms with van der Waals surface area (Å²) >= 11 is 0. The monoisotopic (exact) mass is 444 g/mol. The zero-order valence-electron chi connectivity index (χ0n) is 17.4. The van der Waals surface area contributed by atoms with Crippen LogP contribution in [0.1, 0.15) is 21.0 Å². The molecule has 10 nitrogen and oxygen atoms in total. The van der Waals surface area contributed by atoms with Crippen molar-refractivity contribution >= 4 is 11.8 Å². The number of aromatic amines is 1. The fourth-order valence-corrected chi connectivity index (χ4v) is 2.94. The second kappa shape index (κ2) is 10.1. The van der Waals surface area contributed by atoms with Gasteiger partial charge in [0, 0.05) is 11.6 Å². The van der Waals surface area contributed by atoms with Crippen molar-refractivity contribution in [1.82, 2.24) is 30.8 Å². The first kappa shape index (κ1) is 21.5. The molecule has 2 amide bonds. The lowest BCUT2D eigenvalue weighted by molar-refractivity contribution is 0.0839. The first-order valence-electron chi connectivity index (χ1n) is 10.1. The van der Waals surface area contributed by atoms with E-state index in [0.29, 0.717) is 11.4 Å². The fourth-order valence-electron chi connectivity index (χ4n) is 2.94. The van der Waals surface area contributed by atoms with E-state index in [1.54, 1.807) is 18.2 Å². The maximum atomic E-state index is 12.4.